The second-order valence-corrected chi connectivity index (χ2v) is 7.54. The molecule has 0 aliphatic heterocycles. The van der Waals surface area contributed by atoms with Crippen molar-refractivity contribution < 1.29 is 4.74 Å². The zero-order valence-corrected chi connectivity index (χ0v) is 13.2. The Kier molecular flexibility index (Phi) is 3.85. The maximum absolute atomic E-state index is 6.37. The van der Waals surface area contributed by atoms with Crippen LogP contribution in [0.4, 0.5) is 0 Å². The molecule has 3 saturated carbocycles. The first-order valence-electron chi connectivity index (χ1n) is 8.43. The molecule has 3 aliphatic carbocycles. The summed E-state index contributed by atoms with van der Waals surface area (Å²) in [5, 5.41) is 4.31. The van der Waals surface area contributed by atoms with Crippen LogP contribution in [0.5, 0.6) is 5.75 Å². The normalized spacial score (nSPS) is 30.8. The molecule has 4 rings (SSSR count). The molecule has 0 radical (unpaired) electrons. The Morgan fingerprint density at radius 2 is 2.05 bits per heavy atom. The van der Waals surface area contributed by atoms with Crippen LogP contribution in [0.1, 0.15) is 44.1 Å². The first-order valence-corrected chi connectivity index (χ1v) is 8.81. The molecule has 3 heteroatoms. The molecule has 0 amide bonds. The van der Waals surface area contributed by atoms with Crippen molar-refractivity contribution in [2.24, 2.45) is 17.8 Å². The Labute approximate surface area is 132 Å². The highest BCUT2D eigenvalue weighted by atomic mass is 35.5. The molecular weight excluding hydrogens is 282 g/mol. The number of halogens is 1. The highest BCUT2D eigenvalue weighted by Gasteiger charge is 2.39. The summed E-state index contributed by atoms with van der Waals surface area (Å²) in [6.45, 7) is 1.72. The number of ether oxygens (including phenoxy) is 1. The molecule has 3 fully saturated rings. The van der Waals surface area contributed by atoms with Gasteiger partial charge in [-0.3, -0.25) is 0 Å². The molecule has 2 bridgehead atoms. The van der Waals surface area contributed by atoms with Gasteiger partial charge in [0.25, 0.3) is 0 Å². The maximum Gasteiger partial charge on any atom is 0.142 e. The van der Waals surface area contributed by atoms with E-state index in [0.717, 1.165) is 41.7 Å². The van der Waals surface area contributed by atoms with Crippen molar-refractivity contribution in [2.45, 2.75) is 51.1 Å². The van der Waals surface area contributed by atoms with Crippen molar-refractivity contribution in [3.05, 3.63) is 28.8 Å². The summed E-state index contributed by atoms with van der Waals surface area (Å²) in [5.74, 6) is 3.55. The summed E-state index contributed by atoms with van der Waals surface area (Å²) in [6, 6.07) is 6.81. The van der Waals surface area contributed by atoms with Crippen LogP contribution in [-0.2, 0) is 6.54 Å². The first-order chi connectivity index (χ1) is 10.3. The molecule has 3 atom stereocenters. The second-order valence-electron chi connectivity index (χ2n) is 7.13. The summed E-state index contributed by atoms with van der Waals surface area (Å²) >= 11 is 6.37. The van der Waals surface area contributed by atoms with Crippen molar-refractivity contribution in [1.29, 1.82) is 0 Å². The van der Waals surface area contributed by atoms with E-state index in [1.807, 2.05) is 12.1 Å². The van der Waals surface area contributed by atoms with Gasteiger partial charge in [0.05, 0.1) is 11.6 Å². The minimum absolute atomic E-state index is 0.711. The Morgan fingerprint density at radius 1 is 1.14 bits per heavy atom. The minimum atomic E-state index is 0.711. The molecule has 1 aromatic rings. The lowest BCUT2D eigenvalue weighted by atomic mass is 9.89. The molecule has 0 spiro atoms. The number of benzene rings is 1. The van der Waals surface area contributed by atoms with E-state index < -0.39 is 0 Å². The van der Waals surface area contributed by atoms with E-state index in [4.69, 9.17) is 16.3 Å². The van der Waals surface area contributed by atoms with E-state index in [-0.39, 0.29) is 0 Å². The fraction of sp³-hybridized carbons (Fsp3) is 0.667. The van der Waals surface area contributed by atoms with Crippen LogP contribution in [0, 0.1) is 17.8 Å². The summed E-state index contributed by atoms with van der Waals surface area (Å²) in [6.07, 6.45) is 8.28. The van der Waals surface area contributed by atoms with Crippen LogP contribution in [-0.4, -0.2) is 12.6 Å². The highest BCUT2D eigenvalue weighted by molar-refractivity contribution is 6.32. The van der Waals surface area contributed by atoms with E-state index in [1.165, 1.54) is 44.1 Å². The summed E-state index contributed by atoms with van der Waals surface area (Å²) < 4.78 is 6.19. The van der Waals surface area contributed by atoms with E-state index in [9.17, 15) is 0 Å². The number of para-hydroxylation sites is 1. The maximum atomic E-state index is 6.37. The summed E-state index contributed by atoms with van der Waals surface area (Å²) in [7, 11) is 0. The molecule has 114 valence electrons. The van der Waals surface area contributed by atoms with Gasteiger partial charge in [0.1, 0.15) is 5.75 Å². The molecular formula is C18H24ClNO. The monoisotopic (exact) mass is 305 g/mol. The van der Waals surface area contributed by atoms with Crippen LogP contribution in [0.15, 0.2) is 18.2 Å². The van der Waals surface area contributed by atoms with E-state index in [1.54, 1.807) is 0 Å². The van der Waals surface area contributed by atoms with Gasteiger partial charge in [-0.1, -0.05) is 30.2 Å². The van der Waals surface area contributed by atoms with Gasteiger partial charge < -0.3 is 10.1 Å². The second kappa shape index (κ2) is 5.81. The van der Waals surface area contributed by atoms with Gasteiger partial charge in [-0.2, -0.15) is 0 Å². The number of nitrogens with one attached hydrogen (secondary N) is 1. The Bertz CT molecular complexity index is 514. The van der Waals surface area contributed by atoms with Crippen LogP contribution in [0.3, 0.4) is 0 Å². The molecule has 1 aromatic carbocycles. The first kappa shape index (κ1) is 13.9. The van der Waals surface area contributed by atoms with Crippen molar-refractivity contribution in [1.82, 2.24) is 5.32 Å². The van der Waals surface area contributed by atoms with Crippen molar-refractivity contribution >= 4 is 11.6 Å². The van der Waals surface area contributed by atoms with E-state index in [2.05, 4.69) is 11.4 Å². The molecule has 0 saturated heterocycles. The van der Waals surface area contributed by atoms with Gasteiger partial charge in [0.2, 0.25) is 0 Å². The number of rotatable bonds is 6. The molecule has 1 N–H and O–H groups in total. The van der Waals surface area contributed by atoms with Gasteiger partial charge in [-0.05, 0) is 55.9 Å². The largest absolute Gasteiger partial charge is 0.491 e. The smallest absolute Gasteiger partial charge is 0.142 e. The van der Waals surface area contributed by atoms with Gasteiger partial charge >= 0.3 is 0 Å². The molecule has 21 heavy (non-hydrogen) atoms. The number of hydrogen-bond donors (Lipinski definition) is 1. The topological polar surface area (TPSA) is 21.3 Å². The third kappa shape index (κ3) is 3.07. The Balaban J connectivity index is 1.40. The third-order valence-electron chi connectivity index (χ3n) is 5.53. The van der Waals surface area contributed by atoms with Crippen LogP contribution < -0.4 is 10.1 Å². The van der Waals surface area contributed by atoms with E-state index in [0.29, 0.717) is 6.04 Å². The van der Waals surface area contributed by atoms with Gasteiger partial charge in [0.15, 0.2) is 0 Å². The van der Waals surface area contributed by atoms with Crippen molar-refractivity contribution in [2.75, 3.05) is 6.61 Å². The fourth-order valence-electron chi connectivity index (χ4n) is 4.17. The predicted molar refractivity (Wildman–Crippen MR) is 85.7 cm³/mol. The zero-order valence-electron chi connectivity index (χ0n) is 12.5. The highest BCUT2D eigenvalue weighted by Crippen LogP contribution is 2.48. The van der Waals surface area contributed by atoms with Crippen molar-refractivity contribution in [3.63, 3.8) is 0 Å². The van der Waals surface area contributed by atoms with Gasteiger partial charge in [0, 0.05) is 18.2 Å². The van der Waals surface area contributed by atoms with E-state index >= 15 is 0 Å². The molecule has 0 aromatic heterocycles. The summed E-state index contributed by atoms with van der Waals surface area (Å²) in [4.78, 5) is 0. The van der Waals surface area contributed by atoms with Crippen LogP contribution in [0.2, 0.25) is 5.02 Å². The lowest BCUT2D eigenvalue weighted by molar-refractivity contribution is 0.194. The summed E-state index contributed by atoms with van der Waals surface area (Å²) in [5.41, 5.74) is 1.21. The lowest BCUT2D eigenvalue weighted by Crippen LogP contribution is -2.20. The Morgan fingerprint density at radius 3 is 2.76 bits per heavy atom. The SMILES string of the molecule is Clc1cccc(CNC2CC2)c1OCC1CC2CCC1C2. The Hall–Kier alpha value is -0.730. The molecule has 3 unspecified atom stereocenters. The number of fused-ring (bicyclic) bond motifs is 2. The lowest BCUT2D eigenvalue weighted by Gasteiger charge is -2.23. The fourth-order valence-corrected chi connectivity index (χ4v) is 4.42. The average molecular weight is 306 g/mol. The van der Waals surface area contributed by atoms with Crippen molar-refractivity contribution in [3.8, 4) is 5.75 Å². The minimum Gasteiger partial charge on any atom is -0.491 e. The average Bonchev–Trinajstić information content (AvgIpc) is 3.09. The molecule has 2 nitrogen and oxygen atoms in total. The number of hydrogen-bond acceptors (Lipinski definition) is 2. The van der Waals surface area contributed by atoms with Gasteiger partial charge in [-0.25, -0.2) is 0 Å². The molecule has 3 aliphatic rings. The van der Waals surface area contributed by atoms with Crippen LogP contribution in [0.25, 0.3) is 0 Å². The third-order valence-corrected chi connectivity index (χ3v) is 5.83. The van der Waals surface area contributed by atoms with Crippen LogP contribution >= 0.6 is 11.6 Å². The molecule has 0 heterocycles. The van der Waals surface area contributed by atoms with Gasteiger partial charge in [-0.15, -0.1) is 0 Å². The zero-order chi connectivity index (χ0) is 14.2. The standard InChI is InChI=1S/C18H24ClNO/c19-17-3-1-2-14(10-20-16-6-7-16)18(17)21-11-15-9-12-4-5-13(15)8-12/h1-3,12-13,15-16,20H,4-11H2. The quantitative estimate of drug-likeness (QED) is 0.840. The predicted octanol–water partition coefficient (Wildman–Crippen LogP) is 4.41.